The highest BCUT2D eigenvalue weighted by molar-refractivity contribution is 6.31. The number of aromatic nitrogens is 5. The van der Waals surface area contributed by atoms with Crippen LogP contribution in [0.1, 0.15) is 12.8 Å². The lowest BCUT2D eigenvalue weighted by Gasteiger charge is -2.23. The number of hydrogen-bond acceptors (Lipinski definition) is 6. The van der Waals surface area contributed by atoms with Crippen LogP contribution in [0.5, 0.6) is 5.75 Å². The van der Waals surface area contributed by atoms with E-state index in [0.717, 1.165) is 70.6 Å². The van der Waals surface area contributed by atoms with Gasteiger partial charge in [-0.05, 0) is 55.3 Å². The first-order valence-electron chi connectivity index (χ1n) is 11.1. The van der Waals surface area contributed by atoms with Gasteiger partial charge in [-0.15, -0.1) is 0 Å². The first kappa shape index (κ1) is 19.9. The predicted molar refractivity (Wildman–Crippen MR) is 129 cm³/mol. The SMILES string of the molecule is [B]c1ccc2c(-c3cnn4cc(-c5ccc(OC6CCNCC6)cn5)cnc34)cccc2n1. The van der Waals surface area contributed by atoms with Gasteiger partial charge in [0.25, 0.3) is 0 Å². The van der Waals surface area contributed by atoms with E-state index in [-0.39, 0.29) is 6.10 Å². The number of hydrogen-bond donors (Lipinski definition) is 1. The molecular weight excluding hydrogens is 411 g/mol. The van der Waals surface area contributed by atoms with Crippen LogP contribution in [0, 0.1) is 0 Å². The molecular formula is C25H21BN6O. The molecule has 0 aliphatic carbocycles. The third-order valence-corrected chi connectivity index (χ3v) is 6.02. The Labute approximate surface area is 192 Å². The lowest BCUT2D eigenvalue weighted by Crippen LogP contribution is -2.34. The fraction of sp³-hybridized carbons (Fsp3) is 0.200. The van der Waals surface area contributed by atoms with Crippen molar-refractivity contribution in [1.82, 2.24) is 29.9 Å². The summed E-state index contributed by atoms with van der Waals surface area (Å²) in [6.45, 7) is 1.99. The van der Waals surface area contributed by atoms with Crippen LogP contribution >= 0.6 is 0 Å². The molecule has 1 N–H and O–H groups in total. The summed E-state index contributed by atoms with van der Waals surface area (Å²) in [5.74, 6) is 0.797. The molecule has 33 heavy (non-hydrogen) atoms. The van der Waals surface area contributed by atoms with Crippen LogP contribution in [-0.2, 0) is 0 Å². The van der Waals surface area contributed by atoms with E-state index < -0.39 is 0 Å². The summed E-state index contributed by atoms with van der Waals surface area (Å²) >= 11 is 0. The highest BCUT2D eigenvalue weighted by atomic mass is 16.5. The Balaban J connectivity index is 1.30. The topological polar surface area (TPSA) is 77.2 Å². The van der Waals surface area contributed by atoms with Gasteiger partial charge in [0, 0.05) is 28.9 Å². The van der Waals surface area contributed by atoms with E-state index in [1.165, 1.54) is 0 Å². The molecule has 7 nitrogen and oxygen atoms in total. The maximum atomic E-state index is 6.06. The average Bonchev–Trinajstić information content (AvgIpc) is 3.28. The van der Waals surface area contributed by atoms with Gasteiger partial charge in [0.1, 0.15) is 19.7 Å². The zero-order valence-corrected chi connectivity index (χ0v) is 18.0. The minimum absolute atomic E-state index is 0.250. The van der Waals surface area contributed by atoms with Gasteiger partial charge in [-0.3, -0.25) is 9.97 Å². The summed E-state index contributed by atoms with van der Waals surface area (Å²) in [5.41, 5.74) is 5.79. The summed E-state index contributed by atoms with van der Waals surface area (Å²) in [4.78, 5) is 13.7. The Bertz CT molecular complexity index is 1440. The molecule has 5 aromatic rings. The minimum Gasteiger partial charge on any atom is -0.489 e. The fourth-order valence-electron chi connectivity index (χ4n) is 4.33. The van der Waals surface area contributed by atoms with Crippen LogP contribution in [0.3, 0.4) is 0 Å². The first-order valence-corrected chi connectivity index (χ1v) is 11.1. The smallest absolute Gasteiger partial charge is 0.162 e. The first-order chi connectivity index (χ1) is 16.2. The lowest BCUT2D eigenvalue weighted by atomic mass is 9.99. The van der Waals surface area contributed by atoms with E-state index in [2.05, 4.69) is 26.4 Å². The van der Waals surface area contributed by atoms with Crippen molar-refractivity contribution in [2.45, 2.75) is 18.9 Å². The van der Waals surface area contributed by atoms with E-state index in [4.69, 9.17) is 17.6 Å². The molecule has 1 aliphatic rings. The van der Waals surface area contributed by atoms with Crippen LogP contribution in [0.2, 0.25) is 0 Å². The number of benzene rings is 1. The van der Waals surface area contributed by atoms with Gasteiger partial charge in [-0.2, -0.15) is 5.10 Å². The Hall–Kier alpha value is -3.78. The zero-order chi connectivity index (χ0) is 22.2. The van der Waals surface area contributed by atoms with Crippen LogP contribution in [0.4, 0.5) is 0 Å². The molecule has 1 aliphatic heterocycles. The van der Waals surface area contributed by atoms with Crippen molar-refractivity contribution in [3.63, 3.8) is 0 Å². The molecule has 0 amide bonds. The molecule has 160 valence electrons. The van der Waals surface area contributed by atoms with Gasteiger partial charge >= 0.3 is 0 Å². The second kappa shape index (κ2) is 8.29. The van der Waals surface area contributed by atoms with Gasteiger partial charge < -0.3 is 10.1 Å². The Morgan fingerprint density at radius 2 is 1.85 bits per heavy atom. The molecule has 0 atom stereocenters. The number of nitrogens with zero attached hydrogens (tertiary/aromatic N) is 5. The number of piperidine rings is 1. The third kappa shape index (κ3) is 3.83. The number of nitrogens with one attached hydrogen (secondary N) is 1. The molecule has 5 heterocycles. The number of pyridine rings is 2. The van der Waals surface area contributed by atoms with Crippen LogP contribution in [0.15, 0.2) is 67.3 Å². The summed E-state index contributed by atoms with van der Waals surface area (Å²) in [5, 5.41) is 8.91. The van der Waals surface area contributed by atoms with E-state index in [0.29, 0.717) is 5.59 Å². The van der Waals surface area contributed by atoms with Crippen molar-refractivity contribution < 1.29 is 4.74 Å². The molecule has 1 aromatic carbocycles. The van der Waals surface area contributed by atoms with E-state index in [9.17, 15) is 0 Å². The summed E-state index contributed by atoms with van der Waals surface area (Å²) in [7, 11) is 5.85. The number of rotatable bonds is 4. The highest BCUT2D eigenvalue weighted by Gasteiger charge is 2.15. The molecule has 6 rings (SSSR count). The standard InChI is InChI=1S/C25H21BN6O/c26-24-7-5-20-19(2-1-3-23(20)31-24)21-14-30-32-15-16(12-29-25(21)32)22-6-4-18(13-28-22)33-17-8-10-27-11-9-17/h1-7,12-15,17,27H,8-11H2. The van der Waals surface area contributed by atoms with E-state index in [1.807, 2.05) is 55.0 Å². The average molecular weight is 432 g/mol. The molecule has 2 radical (unpaired) electrons. The molecule has 4 aromatic heterocycles. The Morgan fingerprint density at radius 3 is 2.70 bits per heavy atom. The Kier molecular flexibility index (Phi) is 5.00. The molecule has 0 unspecified atom stereocenters. The summed E-state index contributed by atoms with van der Waals surface area (Å²) in [6, 6.07) is 13.7. The molecule has 8 heteroatoms. The highest BCUT2D eigenvalue weighted by Crippen LogP contribution is 2.30. The van der Waals surface area contributed by atoms with Gasteiger partial charge in [-0.25, -0.2) is 9.50 Å². The van der Waals surface area contributed by atoms with Crippen molar-refractivity contribution in [3.05, 3.63) is 67.3 Å². The quantitative estimate of drug-likeness (QED) is 0.440. The predicted octanol–water partition coefficient (Wildman–Crippen LogP) is 2.93. The zero-order valence-electron chi connectivity index (χ0n) is 18.0. The third-order valence-electron chi connectivity index (χ3n) is 6.02. The van der Waals surface area contributed by atoms with Crippen LogP contribution in [-0.4, -0.2) is 51.6 Å². The van der Waals surface area contributed by atoms with Crippen molar-refractivity contribution in [3.8, 4) is 28.1 Å². The molecule has 1 fully saturated rings. The lowest BCUT2D eigenvalue weighted by molar-refractivity contribution is 0.162. The van der Waals surface area contributed by atoms with E-state index in [1.54, 1.807) is 10.7 Å². The number of fused-ring (bicyclic) bond motifs is 2. The molecule has 1 saturated heterocycles. The summed E-state index contributed by atoms with van der Waals surface area (Å²) < 4.78 is 7.85. The van der Waals surface area contributed by atoms with Gasteiger partial charge in [0.2, 0.25) is 0 Å². The Morgan fingerprint density at radius 1 is 0.939 bits per heavy atom. The van der Waals surface area contributed by atoms with Crippen molar-refractivity contribution in [2.75, 3.05) is 13.1 Å². The fourth-order valence-corrected chi connectivity index (χ4v) is 4.33. The van der Waals surface area contributed by atoms with Crippen LogP contribution < -0.4 is 15.6 Å². The van der Waals surface area contributed by atoms with Crippen LogP contribution in [0.25, 0.3) is 38.9 Å². The van der Waals surface area contributed by atoms with Crippen molar-refractivity contribution in [1.29, 1.82) is 0 Å². The number of ether oxygens (including phenoxy) is 1. The van der Waals surface area contributed by atoms with Crippen molar-refractivity contribution >= 4 is 30.0 Å². The second-order valence-electron chi connectivity index (χ2n) is 8.22. The largest absolute Gasteiger partial charge is 0.489 e. The minimum atomic E-state index is 0.250. The molecule has 0 spiro atoms. The summed E-state index contributed by atoms with van der Waals surface area (Å²) in [6.07, 6.45) is 9.68. The normalized spacial score (nSPS) is 14.7. The van der Waals surface area contributed by atoms with Gasteiger partial charge in [0.05, 0.1) is 23.6 Å². The maximum absolute atomic E-state index is 6.06. The van der Waals surface area contributed by atoms with Gasteiger partial charge in [0.15, 0.2) is 5.65 Å². The second-order valence-corrected chi connectivity index (χ2v) is 8.22. The molecule has 0 bridgehead atoms. The van der Waals surface area contributed by atoms with Gasteiger partial charge in [-0.1, -0.05) is 24.3 Å². The van der Waals surface area contributed by atoms with E-state index >= 15 is 0 Å². The maximum Gasteiger partial charge on any atom is 0.162 e. The monoisotopic (exact) mass is 432 g/mol. The van der Waals surface area contributed by atoms with Crippen molar-refractivity contribution in [2.24, 2.45) is 0 Å². The molecule has 0 saturated carbocycles.